The van der Waals surface area contributed by atoms with Crippen molar-refractivity contribution in [1.29, 1.82) is 0 Å². The second-order valence-corrected chi connectivity index (χ2v) is 9.47. The third-order valence-electron chi connectivity index (χ3n) is 4.52. The van der Waals surface area contributed by atoms with E-state index in [9.17, 15) is 13.2 Å². The number of ether oxygens (including phenoxy) is 1. The highest BCUT2D eigenvalue weighted by molar-refractivity contribution is 7.89. The Bertz CT molecular complexity index is 979. The van der Waals surface area contributed by atoms with Crippen LogP contribution in [0.3, 0.4) is 0 Å². The average Bonchev–Trinajstić information content (AvgIpc) is 2.68. The van der Waals surface area contributed by atoms with Gasteiger partial charge < -0.3 is 10.1 Å². The largest absolute Gasteiger partial charge is 0.497 e. The first-order valence-electron chi connectivity index (χ1n) is 9.60. The smallest absolute Gasteiger partial charge is 0.253 e. The van der Waals surface area contributed by atoms with Gasteiger partial charge in [0.2, 0.25) is 10.0 Å². The maximum Gasteiger partial charge on any atom is 0.253 e. The first kappa shape index (κ1) is 24.5. The predicted molar refractivity (Wildman–Crippen MR) is 120 cm³/mol. The van der Waals surface area contributed by atoms with Gasteiger partial charge in [0.15, 0.2) is 0 Å². The fourth-order valence-corrected chi connectivity index (χ4v) is 4.80. The number of sulfonamides is 1. The van der Waals surface area contributed by atoms with Crippen molar-refractivity contribution in [2.45, 2.75) is 44.0 Å². The van der Waals surface area contributed by atoms with E-state index >= 15 is 0 Å². The van der Waals surface area contributed by atoms with Gasteiger partial charge in [-0.25, -0.2) is 13.1 Å². The standard InChI is InChI=1S/C21H26Cl2N2O4S/c1-4-5-14(2)25-21(26)17-12-20(19(23)13-18(17)22)30(27,28)24-11-10-15-6-8-16(29-3)9-7-15/h6-9,12-14,24H,4-5,10-11H2,1-3H3,(H,25,26). The summed E-state index contributed by atoms with van der Waals surface area (Å²) in [4.78, 5) is 12.3. The van der Waals surface area contributed by atoms with Gasteiger partial charge >= 0.3 is 0 Å². The van der Waals surface area contributed by atoms with Crippen molar-refractivity contribution in [2.24, 2.45) is 0 Å². The van der Waals surface area contributed by atoms with Gasteiger partial charge in [0.05, 0.1) is 22.7 Å². The molecule has 2 rings (SSSR count). The SMILES string of the molecule is CCCC(C)NC(=O)c1cc(S(=O)(=O)NCCc2ccc(OC)cc2)c(Cl)cc1Cl. The van der Waals surface area contributed by atoms with Crippen LogP contribution in [-0.4, -0.2) is 34.0 Å². The Morgan fingerprint density at radius 1 is 1.13 bits per heavy atom. The minimum absolute atomic E-state index is 0.0462. The molecular formula is C21H26Cl2N2O4S. The molecule has 2 aromatic rings. The van der Waals surface area contributed by atoms with E-state index in [2.05, 4.69) is 10.0 Å². The zero-order valence-electron chi connectivity index (χ0n) is 17.2. The molecule has 0 aliphatic carbocycles. The van der Waals surface area contributed by atoms with Gasteiger partial charge in [0.25, 0.3) is 5.91 Å². The highest BCUT2D eigenvalue weighted by Crippen LogP contribution is 2.29. The van der Waals surface area contributed by atoms with Crippen LogP contribution in [0.2, 0.25) is 10.0 Å². The van der Waals surface area contributed by atoms with E-state index in [0.717, 1.165) is 24.2 Å². The molecule has 30 heavy (non-hydrogen) atoms. The maximum atomic E-state index is 12.8. The number of methoxy groups -OCH3 is 1. The van der Waals surface area contributed by atoms with E-state index in [1.165, 1.54) is 12.1 Å². The predicted octanol–water partition coefficient (Wildman–Crippen LogP) is 4.44. The van der Waals surface area contributed by atoms with Gasteiger partial charge in [0.1, 0.15) is 10.6 Å². The van der Waals surface area contributed by atoms with Gasteiger partial charge in [-0.2, -0.15) is 0 Å². The topological polar surface area (TPSA) is 84.5 Å². The van der Waals surface area contributed by atoms with E-state index in [-0.39, 0.29) is 33.1 Å². The van der Waals surface area contributed by atoms with Crippen LogP contribution in [0.4, 0.5) is 0 Å². The molecule has 0 aromatic heterocycles. The number of amides is 1. The molecule has 6 nitrogen and oxygen atoms in total. The van der Waals surface area contributed by atoms with Crippen LogP contribution in [0.1, 0.15) is 42.6 Å². The zero-order chi connectivity index (χ0) is 22.3. The number of carbonyl (C=O) groups is 1. The van der Waals surface area contributed by atoms with E-state index in [1.807, 2.05) is 38.1 Å². The number of nitrogens with one attached hydrogen (secondary N) is 2. The molecule has 1 unspecified atom stereocenters. The van der Waals surface area contributed by atoms with Crippen molar-refractivity contribution < 1.29 is 17.9 Å². The molecule has 0 spiro atoms. The Morgan fingerprint density at radius 2 is 1.80 bits per heavy atom. The van der Waals surface area contributed by atoms with Crippen molar-refractivity contribution in [2.75, 3.05) is 13.7 Å². The van der Waals surface area contributed by atoms with Crippen molar-refractivity contribution in [3.8, 4) is 5.75 Å². The summed E-state index contributed by atoms with van der Waals surface area (Å²) in [7, 11) is -2.35. The lowest BCUT2D eigenvalue weighted by Crippen LogP contribution is -2.33. The molecule has 0 saturated heterocycles. The molecule has 164 valence electrons. The molecule has 0 radical (unpaired) electrons. The van der Waals surface area contributed by atoms with Gasteiger partial charge in [-0.05, 0) is 49.6 Å². The molecule has 2 N–H and O–H groups in total. The molecule has 0 aliphatic heterocycles. The number of benzene rings is 2. The molecule has 1 amide bonds. The normalized spacial score (nSPS) is 12.4. The number of halogens is 2. The minimum Gasteiger partial charge on any atom is -0.497 e. The summed E-state index contributed by atoms with van der Waals surface area (Å²) in [5.74, 6) is 0.290. The third kappa shape index (κ3) is 6.60. The number of hydrogen-bond donors (Lipinski definition) is 2. The molecular weight excluding hydrogens is 447 g/mol. The van der Waals surface area contributed by atoms with Crippen molar-refractivity contribution >= 4 is 39.1 Å². The minimum atomic E-state index is -3.93. The van der Waals surface area contributed by atoms with Gasteiger partial charge in [-0.1, -0.05) is 48.7 Å². The highest BCUT2D eigenvalue weighted by Gasteiger charge is 2.23. The fraction of sp³-hybridized carbons (Fsp3) is 0.381. The Morgan fingerprint density at radius 3 is 2.40 bits per heavy atom. The lowest BCUT2D eigenvalue weighted by molar-refractivity contribution is 0.0938. The quantitative estimate of drug-likeness (QED) is 0.535. The van der Waals surface area contributed by atoms with Gasteiger partial charge in [0, 0.05) is 12.6 Å². The van der Waals surface area contributed by atoms with E-state index in [4.69, 9.17) is 27.9 Å². The van der Waals surface area contributed by atoms with Crippen LogP contribution in [-0.2, 0) is 16.4 Å². The van der Waals surface area contributed by atoms with E-state index in [1.54, 1.807) is 7.11 Å². The first-order chi connectivity index (χ1) is 14.2. The van der Waals surface area contributed by atoms with Crippen LogP contribution < -0.4 is 14.8 Å². The van der Waals surface area contributed by atoms with Crippen molar-refractivity contribution in [3.63, 3.8) is 0 Å². The van der Waals surface area contributed by atoms with Crippen LogP contribution in [0.15, 0.2) is 41.3 Å². The number of rotatable bonds is 10. The second-order valence-electron chi connectivity index (χ2n) is 6.92. The molecule has 0 heterocycles. The monoisotopic (exact) mass is 472 g/mol. The molecule has 0 aliphatic rings. The molecule has 2 aromatic carbocycles. The lowest BCUT2D eigenvalue weighted by atomic mass is 10.1. The van der Waals surface area contributed by atoms with Crippen molar-refractivity contribution in [3.05, 3.63) is 57.6 Å². The van der Waals surface area contributed by atoms with Crippen LogP contribution in [0.25, 0.3) is 0 Å². The summed E-state index contributed by atoms with van der Waals surface area (Å²) >= 11 is 12.3. The average molecular weight is 473 g/mol. The Kier molecular flexibility index (Phi) is 8.97. The highest BCUT2D eigenvalue weighted by atomic mass is 35.5. The first-order valence-corrected chi connectivity index (χ1v) is 11.8. The summed E-state index contributed by atoms with van der Waals surface area (Å²) in [5, 5.41) is 2.87. The van der Waals surface area contributed by atoms with Crippen LogP contribution in [0.5, 0.6) is 5.75 Å². The summed E-state index contributed by atoms with van der Waals surface area (Å²) in [6, 6.07) is 9.78. The zero-order valence-corrected chi connectivity index (χ0v) is 19.5. The molecule has 9 heteroatoms. The Balaban J connectivity index is 2.14. The van der Waals surface area contributed by atoms with E-state index in [0.29, 0.717) is 6.42 Å². The van der Waals surface area contributed by atoms with Crippen LogP contribution >= 0.6 is 23.2 Å². The van der Waals surface area contributed by atoms with Crippen LogP contribution in [0, 0.1) is 0 Å². The summed E-state index contributed by atoms with van der Waals surface area (Å²) in [6.45, 7) is 4.06. The van der Waals surface area contributed by atoms with E-state index < -0.39 is 15.9 Å². The third-order valence-corrected chi connectivity index (χ3v) is 6.76. The summed E-state index contributed by atoms with van der Waals surface area (Å²) in [6.07, 6.45) is 2.19. The molecule has 1 atom stereocenters. The Labute approximate surface area is 188 Å². The number of carbonyl (C=O) groups excluding carboxylic acids is 1. The van der Waals surface area contributed by atoms with Gasteiger partial charge in [-0.3, -0.25) is 4.79 Å². The maximum absolute atomic E-state index is 12.8. The summed E-state index contributed by atoms with van der Waals surface area (Å²) < 4.78 is 33.2. The Hall–Kier alpha value is -1.80. The summed E-state index contributed by atoms with van der Waals surface area (Å²) in [5.41, 5.74) is 1.02. The fourth-order valence-electron chi connectivity index (χ4n) is 2.92. The molecule has 0 bridgehead atoms. The second kappa shape index (κ2) is 11.0. The van der Waals surface area contributed by atoms with Crippen molar-refractivity contribution in [1.82, 2.24) is 10.0 Å². The molecule has 0 fully saturated rings. The lowest BCUT2D eigenvalue weighted by Gasteiger charge is -2.15. The number of hydrogen-bond acceptors (Lipinski definition) is 4. The molecule has 0 saturated carbocycles. The van der Waals surface area contributed by atoms with Gasteiger partial charge in [-0.15, -0.1) is 0 Å².